The number of nitrogens with one attached hydrogen (secondary N) is 2. The number of hydrogen-bond acceptors (Lipinski definition) is 9. The van der Waals surface area contributed by atoms with E-state index >= 15 is 0 Å². The molecule has 2 saturated heterocycles. The second kappa shape index (κ2) is 20.2. The third-order valence-corrected chi connectivity index (χ3v) is 11.5. The Morgan fingerprint density at radius 3 is 1.97 bits per heavy atom. The summed E-state index contributed by atoms with van der Waals surface area (Å²) in [5.41, 5.74) is 0.309. The maximum atomic E-state index is 13.6. The van der Waals surface area contributed by atoms with Crippen LogP contribution in [0, 0.1) is 12.8 Å². The van der Waals surface area contributed by atoms with Crippen LogP contribution in [0.5, 0.6) is 5.75 Å². The summed E-state index contributed by atoms with van der Waals surface area (Å²) in [5.74, 6) is -4.89. The third-order valence-electron chi connectivity index (χ3n) is 8.89. The molecule has 326 valence electrons. The molecule has 2 aliphatic rings. The van der Waals surface area contributed by atoms with Crippen LogP contribution in [0.15, 0.2) is 47.4 Å². The lowest BCUT2D eigenvalue weighted by Gasteiger charge is -2.39. The number of carbonyl (C=O) groups is 4. The van der Waals surface area contributed by atoms with Crippen LogP contribution in [-0.2, 0) is 35.8 Å². The van der Waals surface area contributed by atoms with E-state index in [-0.39, 0.29) is 33.4 Å². The fourth-order valence-corrected chi connectivity index (χ4v) is 8.11. The average Bonchev–Trinajstić information content (AvgIpc) is 3.14. The van der Waals surface area contributed by atoms with Crippen LogP contribution < -0.4 is 14.8 Å². The van der Waals surface area contributed by atoms with Gasteiger partial charge >= 0.3 is 24.3 Å². The molecule has 1 aromatic heterocycles. The maximum Gasteiger partial charge on any atom is 0.490 e. The number of para-hydroxylation sites is 1. The molecular formula is C36H41Cl2F6N5O9S. The van der Waals surface area contributed by atoms with Crippen LogP contribution in [0.4, 0.5) is 26.3 Å². The van der Waals surface area contributed by atoms with E-state index in [1.165, 1.54) is 26.0 Å². The number of piperazine rings is 1. The van der Waals surface area contributed by atoms with Crippen molar-refractivity contribution >= 4 is 67.9 Å². The number of pyridine rings is 1. The van der Waals surface area contributed by atoms with Gasteiger partial charge in [-0.05, 0) is 76.9 Å². The number of ether oxygens (including phenoxy) is 1. The number of aryl methyl sites for hydroxylation is 1. The first kappa shape index (κ1) is 48.9. The number of carboxylic acids is 2. The molecule has 2 aliphatic heterocycles. The van der Waals surface area contributed by atoms with Gasteiger partial charge in [0, 0.05) is 54.3 Å². The summed E-state index contributed by atoms with van der Waals surface area (Å²) in [4.78, 5) is 51.9. The minimum atomic E-state index is -5.08. The summed E-state index contributed by atoms with van der Waals surface area (Å²) in [6.07, 6.45) is -7.66. The van der Waals surface area contributed by atoms with E-state index in [4.69, 9.17) is 47.7 Å². The topological polar surface area (TPSA) is 196 Å². The Morgan fingerprint density at radius 1 is 0.881 bits per heavy atom. The van der Waals surface area contributed by atoms with Crippen molar-refractivity contribution in [2.45, 2.75) is 69.4 Å². The highest BCUT2D eigenvalue weighted by atomic mass is 35.5. The largest absolute Gasteiger partial charge is 0.490 e. The highest BCUT2D eigenvalue weighted by Gasteiger charge is 2.40. The van der Waals surface area contributed by atoms with Gasteiger partial charge < -0.3 is 30.1 Å². The second-order valence-corrected chi connectivity index (χ2v) is 16.3. The zero-order valence-corrected chi connectivity index (χ0v) is 34.0. The predicted octanol–water partition coefficient (Wildman–Crippen LogP) is 5.81. The lowest BCUT2D eigenvalue weighted by molar-refractivity contribution is -0.193. The number of alkyl halides is 6. The van der Waals surface area contributed by atoms with Gasteiger partial charge in [-0.15, -0.1) is 0 Å². The molecule has 0 atom stereocenters. The smallest absolute Gasteiger partial charge is 0.487 e. The Kier molecular flexibility index (Phi) is 16.8. The van der Waals surface area contributed by atoms with Crippen molar-refractivity contribution in [2.24, 2.45) is 5.92 Å². The van der Waals surface area contributed by atoms with Crippen molar-refractivity contribution in [1.82, 2.24) is 24.8 Å². The molecule has 4 N–H and O–H groups in total. The number of carboxylic acid groups (broad SMARTS) is 2. The normalized spacial score (nSPS) is 15.4. The van der Waals surface area contributed by atoms with E-state index in [9.17, 15) is 44.3 Å². The number of halogens is 8. The van der Waals surface area contributed by atoms with E-state index < -0.39 is 39.9 Å². The summed E-state index contributed by atoms with van der Waals surface area (Å²) < 4.78 is 99.3. The molecule has 14 nitrogen and oxygen atoms in total. The molecular weight excluding hydrogens is 863 g/mol. The van der Waals surface area contributed by atoms with Gasteiger partial charge in [-0.3, -0.25) is 9.59 Å². The summed E-state index contributed by atoms with van der Waals surface area (Å²) in [5, 5.41) is 18.6. The van der Waals surface area contributed by atoms with Gasteiger partial charge in [-0.1, -0.05) is 41.4 Å². The van der Waals surface area contributed by atoms with Crippen molar-refractivity contribution in [1.29, 1.82) is 0 Å². The van der Waals surface area contributed by atoms with E-state index in [0.717, 1.165) is 37.0 Å². The maximum absolute atomic E-state index is 13.6. The lowest BCUT2D eigenvalue weighted by atomic mass is 9.94. The van der Waals surface area contributed by atoms with Gasteiger partial charge in [0.25, 0.3) is 0 Å². The molecule has 3 aromatic rings. The Balaban J connectivity index is 0.000000569. The zero-order valence-electron chi connectivity index (χ0n) is 31.7. The molecule has 3 heterocycles. The summed E-state index contributed by atoms with van der Waals surface area (Å²) in [7, 11) is -4.26. The molecule has 23 heteroatoms. The molecule has 2 aromatic carbocycles. The average molecular weight is 905 g/mol. The Labute approximate surface area is 344 Å². The number of rotatable bonds is 9. The fraction of sp³-hybridized carbons (Fsp3) is 0.472. The SMILES string of the molecule is Cc1ccc2cccc(OCc3c(Cl)ccc(S(=O)(=O)NC(C)(C)C(=O)N4CCN(C(=O)CC5CCNCC5)CC4)c3Cl)c2n1.O=C(O)C(F)(F)F.O=C(O)C(F)(F)F. The minimum Gasteiger partial charge on any atom is -0.487 e. The van der Waals surface area contributed by atoms with Gasteiger partial charge in [0.15, 0.2) is 0 Å². The highest BCUT2D eigenvalue weighted by Crippen LogP contribution is 2.34. The molecule has 0 unspecified atom stereocenters. The van der Waals surface area contributed by atoms with E-state index in [2.05, 4.69) is 15.0 Å². The fourth-order valence-electron chi connectivity index (χ4n) is 5.85. The van der Waals surface area contributed by atoms with Crippen LogP contribution in [0.2, 0.25) is 10.0 Å². The van der Waals surface area contributed by atoms with Crippen molar-refractivity contribution in [3.05, 3.63) is 63.8 Å². The molecule has 59 heavy (non-hydrogen) atoms. The van der Waals surface area contributed by atoms with Crippen LogP contribution in [0.3, 0.4) is 0 Å². The number of nitrogens with zero attached hydrogens (tertiary/aromatic N) is 3. The number of amides is 2. The number of aliphatic carboxylic acids is 2. The molecule has 0 bridgehead atoms. The second-order valence-electron chi connectivity index (χ2n) is 13.8. The van der Waals surface area contributed by atoms with Crippen LogP contribution in [0.25, 0.3) is 10.9 Å². The molecule has 0 radical (unpaired) electrons. The Morgan fingerprint density at radius 2 is 1.42 bits per heavy atom. The Hall–Kier alpha value is -4.44. The summed E-state index contributed by atoms with van der Waals surface area (Å²) in [6.45, 7) is 8.17. The van der Waals surface area contributed by atoms with Gasteiger partial charge in [-0.2, -0.15) is 31.1 Å². The standard InChI is InChI=1S/C32H39Cl2N5O5S.2C2HF3O2/c1-21-7-8-23-5-4-6-26(30(23)36-21)44-20-24-25(33)9-10-27(29(24)34)45(42,43)37-32(2,3)31(41)39-17-15-38(16-18-39)28(40)19-22-11-13-35-14-12-22;2*3-2(4,5)1(6)7/h4-10,22,35,37H,11-20H2,1-3H3;2*(H,6,7). The van der Waals surface area contributed by atoms with Gasteiger partial charge in [0.05, 0.1) is 5.02 Å². The number of piperidine rings is 1. The van der Waals surface area contributed by atoms with Crippen molar-refractivity contribution < 1.29 is 68.9 Å². The first-order valence-corrected chi connectivity index (χ1v) is 19.9. The molecule has 5 rings (SSSR count). The minimum absolute atomic E-state index is 0.0940. The van der Waals surface area contributed by atoms with Crippen molar-refractivity contribution in [3.63, 3.8) is 0 Å². The number of sulfonamides is 1. The lowest BCUT2D eigenvalue weighted by Crippen LogP contribution is -2.60. The van der Waals surface area contributed by atoms with Crippen LogP contribution in [-0.4, -0.2) is 114 Å². The molecule has 0 aliphatic carbocycles. The molecule has 2 amide bonds. The number of benzene rings is 2. The van der Waals surface area contributed by atoms with Gasteiger partial charge in [-0.25, -0.2) is 23.0 Å². The first-order chi connectivity index (χ1) is 27.2. The Bertz CT molecular complexity index is 2090. The number of aromatic nitrogens is 1. The summed E-state index contributed by atoms with van der Waals surface area (Å²) >= 11 is 13.1. The van der Waals surface area contributed by atoms with E-state index in [1.807, 2.05) is 31.2 Å². The molecule has 0 saturated carbocycles. The third kappa shape index (κ3) is 14.1. The summed E-state index contributed by atoms with van der Waals surface area (Å²) in [6, 6.07) is 12.2. The zero-order chi connectivity index (χ0) is 44.5. The number of fused-ring (bicyclic) bond motifs is 1. The van der Waals surface area contributed by atoms with E-state index in [0.29, 0.717) is 55.3 Å². The molecule has 2 fully saturated rings. The number of hydrogen-bond donors (Lipinski definition) is 4. The predicted molar refractivity (Wildman–Crippen MR) is 202 cm³/mol. The van der Waals surface area contributed by atoms with Crippen molar-refractivity contribution in [2.75, 3.05) is 39.3 Å². The van der Waals surface area contributed by atoms with Crippen molar-refractivity contribution in [3.8, 4) is 5.75 Å². The van der Waals surface area contributed by atoms with Crippen LogP contribution in [0.1, 0.15) is 44.4 Å². The van der Waals surface area contributed by atoms with E-state index in [1.54, 1.807) is 15.9 Å². The number of carbonyl (C=O) groups excluding carboxylic acids is 2. The monoisotopic (exact) mass is 903 g/mol. The molecule has 0 spiro atoms. The van der Waals surface area contributed by atoms with Gasteiger partial charge in [0.1, 0.15) is 28.3 Å². The van der Waals surface area contributed by atoms with Crippen LogP contribution >= 0.6 is 23.2 Å². The van der Waals surface area contributed by atoms with Gasteiger partial charge in [0.2, 0.25) is 21.8 Å². The first-order valence-electron chi connectivity index (χ1n) is 17.6. The quantitative estimate of drug-likeness (QED) is 0.189. The highest BCUT2D eigenvalue weighted by molar-refractivity contribution is 7.89.